The van der Waals surface area contributed by atoms with Crippen molar-refractivity contribution in [3.05, 3.63) is 6.92 Å². The summed E-state index contributed by atoms with van der Waals surface area (Å²) in [6.07, 6.45) is 4.21. The van der Waals surface area contributed by atoms with Gasteiger partial charge < -0.3 is 20.4 Å². The quantitative estimate of drug-likeness (QED) is 0.295. The van der Waals surface area contributed by atoms with Crippen LogP contribution >= 0.6 is 17.0 Å². The summed E-state index contributed by atoms with van der Waals surface area (Å²) in [6, 6.07) is 0. The molecule has 0 heterocycles. The van der Waals surface area contributed by atoms with Crippen LogP contribution in [0.4, 0.5) is 0 Å². The maximum absolute atomic E-state index is 5.30. The summed E-state index contributed by atoms with van der Waals surface area (Å²) in [5.41, 5.74) is 0. The van der Waals surface area contributed by atoms with E-state index < -0.39 is 0 Å². The molecule has 0 aromatic rings. The predicted octanol–water partition coefficient (Wildman–Crippen LogP) is 1.79. The molecule has 2 nitrogen and oxygen atoms in total. The molecule has 0 fully saturated rings. The van der Waals surface area contributed by atoms with E-state index in [4.69, 9.17) is 9.47 Å². The van der Waals surface area contributed by atoms with Crippen LogP contribution in [0.1, 0.15) is 39.5 Å². The molecule has 90 valence electrons. The molecule has 5 heteroatoms. The van der Waals surface area contributed by atoms with Crippen LogP contribution in [0.25, 0.3) is 0 Å². The van der Waals surface area contributed by atoms with Crippen molar-refractivity contribution in [1.29, 1.82) is 0 Å². The topological polar surface area (TPSA) is 18.5 Å². The molecule has 0 aliphatic rings. The zero-order valence-electron chi connectivity index (χ0n) is 10.5. The van der Waals surface area contributed by atoms with E-state index in [-0.39, 0.29) is 57.3 Å². The van der Waals surface area contributed by atoms with Crippen LogP contribution in [-0.2, 0) is 9.47 Å². The van der Waals surface area contributed by atoms with Gasteiger partial charge in [0.05, 0.1) is 0 Å². The van der Waals surface area contributed by atoms with Crippen molar-refractivity contribution in [2.24, 2.45) is 0 Å². The Morgan fingerprint density at radius 3 is 1.60 bits per heavy atom. The van der Waals surface area contributed by atoms with Gasteiger partial charge in [-0.2, -0.15) is 0 Å². The zero-order chi connectivity index (χ0) is 9.23. The third-order valence-corrected chi connectivity index (χ3v) is 1.60. The number of halogens is 1. The monoisotopic (exact) mass is 308 g/mol. The zero-order valence-corrected chi connectivity index (χ0v) is 15.6. The van der Waals surface area contributed by atoms with Gasteiger partial charge in [0.25, 0.3) is 0 Å². The van der Waals surface area contributed by atoms with Crippen molar-refractivity contribution >= 4 is 51.0 Å². The van der Waals surface area contributed by atoms with Crippen molar-refractivity contribution in [1.82, 2.24) is 0 Å². The van der Waals surface area contributed by atoms with Crippen LogP contribution < -0.4 is 0 Å². The summed E-state index contributed by atoms with van der Waals surface area (Å²) >= 11 is 0. The van der Waals surface area contributed by atoms with Gasteiger partial charge in [-0.3, -0.25) is 6.92 Å². The molecule has 0 aromatic carbocycles. The summed E-state index contributed by atoms with van der Waals surface area (Å²) in [5.74, 6) is 0. The first-order valence-corrected chi connectivity index (χ1v) is 4.87. The molecule has 0 bridgehead atoms. The van der Waals surface area contributed by atoms with E-state index in [9.17, 15) is 0 Å². The van der Waals surface area contributed by atoms with E-state index in [1.165, 1.54) is 0 Å². The minimum atomic E-state index is -0.275. The first kappa shape index (κ1) is 25.3. The number of rotatable bonds is 8. The van der Waals surface area contributed by atoms with Crippen LogP contribution in [0.2, 0.25) is 0 Å². The predicted molar refractivity (Wildman–Crippen MR) is 76.9 cm³/mol. The van der Waals surface area contributed by atoms with E-state index in [0.29, 0.717) is 0 Å². The van der Waals surface area contributed by atoms with Crippen molar-refractivity contribution in [3.63, 3.8) is 0 Å². The molecule has 0 N–H and O–H groups in total. The smallest absolute Gasteiger partial charge is 0.384 e. The Hall–Kier alpha value is 1.38. The second-order valence-corrected chi connectivity index (χ2v) is 2.88. The first-order valence-electron chi connectivity index (χ1n) is 4.87. The number of hydrogen-bond acceptors (Lipinski definition) is 2. The molecule has 0 saturated heterocycles. The van der Waals surface area contributed by atoms with Gasteiger partial charge in [0.2, 0.25) is 0 Å². The van der Waals surface area contributed by atoms with E-state index in [1.54, 1.807) is 0 Å². The normalized spacial score (nSPS) is 8.80. The maximum Gasteiger partial charge on any atom is 2.00 e. The van der Waals surface area contributed by atoms with Crippen molar-refractivity contribution in [3.8, 4) is 0 Å². The Kier molecular flexibility index (Phi) is 35.0. The molecule has 0 aromatic heterocycles. The number of hydrogen-bond donors (Lipinski definition) is 0. The van der Waals surface area contributed by atoms with Gasteiger partial charge in [0.15, 0.2) is 0 Å². The Balaban J connectivity index is -0.000000202. The second kappa shape index (κ2) is 20.8. The van der Waals surface area contributed by atoms with Crippen LogP contribution in [0.15, 0.2) is 0 Å². The third kappa shape index (κ3) is 21.3. The summed E-state index contributed by atoms with van der Waals surface area (Å²) in [6.45, 7) is 9.54. The molecule has 0 unspecified atom stereocenters. The molecule has 0 atom stereocenters. The van der Waals surface area contributed by atoms with E-state index in [0.717, 1.165) is 38.9 Å². The van der Waals surface area contributed by atoms with Crippen LogP contribution in [0.5, 0.6) is 0 Å². The number of unbranched alkanes of at least 4 members (excludes halogenated alkanes) is 2. The summed E-state index contributed by atoms with van der Waals surface area (Å²) in [5, 5.41) is 0. The molecule has 0 rings (SSSR count). The Morgan fingerprint density at radius 2 is 1.33 bits per heavy atom. The average Bonchev–Trinajstić information content (AvgIpc) is 2.06. The molecular formula is C10H25BrMgO2Si. The Morgan fingerprint density at radius 1 is 1.00 bits per heavy atom. The molecule has 0 amide bonds. The molecule has 0 aliphatic carbocycles. The summed E-state index contributed by atoms with van der Waals surface area (Å²) in [7, 11) is 0. The van der Waals surface area contributed by atoms with Crippen molar-refractivity contribution < 1.29 is 9.47 Å². The van der Waals surface area contributed by atoms with E-state index in [1.807, 2.05) is 0 Å². The van der Waals surface area contributed by atoms with Crippen molar-refractivity contribution in [2.45, 2.75) is 45.8 Å². The van der Waals surface area contributed by atoms with E-state index >= 15 is 0 Å². The first-order chi connectivity index (χ1) is 5.81. The van der Waals surface area contributed by atoms with Gasteiger partial charge >= 0.3 is 23.1 Å². The largest absolute Gasteiger partial charge is 2.00 e. The van der Waals surface area contributed by atoms with Crippen molar-refractivity contribution in [2.75, 3.05) is 13.2 Å². The van der Waals surface area contributed by atoms with Gasteiger partial charge in [-0.05, 0) is 12.8 Å². The molecule has 15 heavy (non-hydrogen) atoms. The van der Waals surface area contributed by atoms with Gasteiger partial charge in [0, 0.05) is 19.5 Å². The molecule has 0 aliphatic heterocycles. The summed E-state index contributed by atoms with van der Waals surface area (Å²) < 4.78 is 10.6. The minimum absolute atomic E-state index is 0. The maximum atomic E-state index is 5.30. The molecular weight excluding hydrogens is 284 g/mol. The van der Waals surface area contributed by atoms with Crippen LogP contribution in [0, 0.1) is 6.92 Å². The SMILES string of the molecule is Br.[CH2-]C(OCCCC)OCCCC.[Mg+2].[SiH3-]. The van der Waals surface area contributed by atoms with Gasteiger partial charge in [0.1, 0.15) is 0 Å². The third-order valence-electron chi connectivity index (χ3n) is 1.60. The summed E-state index contributed by atoms with van der Waals surface area (Å²) in [4.78, 5) is 0. The van der Waals surface area contributed by atoms with Gasteiger partial charge in [-0.25, -0.2) is 0 Å². The average molecular weight is 310 g/mol. The fourth-order valence-electron chi connectivity index (χ4n) is 0.766. The fourth-order valence-corrected chi connectivity index (χ4v) is 0.766. The van der Waals surface area contributed by atoms with Gasteiger partial charge in [-0.15, -0.1) is 17.0 Å². The van der Waals surface area contributed by atoms with E-state index in [2.05, 4.69) is 20.8 Å². The van der Waals surface area contributed by atoms with Crippen LogP contribution in [0.3, 0.4) is 0 Å². The molecule has 0 radical (unpaired) electrons. The Labute approximate surface area is 126 Å². The number of ether oxygens (including phenoxy) is 2. The molecule has 0 saturated carbocycles. The standard InChI is InChI=1S/C10H21O2.BrH.Mg.H3Si/c1-4-6-8-11-10(3)12-9-7-5-2;;;/h10H,3-9H2,1-2H3;1H;;1H3/q-1;;+2;-1. The molecule has 0 spiro atoms. The van der Waals surface area contributed by atoms with Crippen LogP contribution in [-0.4, -0.2) is 53.5 Å². The fraction of sp³-hybridized carbons (Fsp3) is 0.900. The minimum Gasteiger partial charge on any atom is -0.384 e. The Bertz CT molecular complexity index is 89.5. The second-order valence-electron chi connectivity index (χ2n) is 2.88. The van der Waals surface area contributed by atoms with Gasteiger partial charge in [-0.1, -0.05) is 26.7 Å².